The van der Waals surface area contributed by atoms with E-state index in [-0.39, 0.29) is 10.6 Å². The molecule has 1 aromatic rings. The van der Waals surface area contributed by atoms with E-state index in [1.165, 1.54) is 12.1 Å². The van der Waals surface area contributed by atoms with Crippen LogP contribution in [-0.4, -0.2) is 17.0 Å². The Hall–Kier alpha value is -0.930. The van der Waals surface area contributed by atoms with Crippen molar-refractivity contribution < 1.29 is 14.3 Å². The van der Waals surface area contributed by atoms with E-state index in [1.54, 1.807) is 20.8 Å². The van der Waals surface area contributed by atoms with E-state index in [2.05, 4.69) is 0 Å². The smallest absolute Gasteiger partial charge is 0.194 e. The number of aliphatic hydroxyl groups is 1. The van der Waals surface area contributed by atoms with E-state index >= 15 is 0 Å². The van der Waals surface area contributed by atoms with Crippen LogP contribution in [0.4, 0.5) is 4.39 Å². The summed E-state index contributed by atoms with van der Waals surface area (Å²) in [6.45, 7) is 5.14. The van der Waals surface area contributed by atoms with Gasteiger partial charge in [-0.2, -0.15) is 0 Å². The SMILES string of the molecule is CC(C)(C)C(O)C(=O)c1ccc(Cl)cc1F. The Morgan fingerprint density at radius 2 is 2.00 bits per heavy atom. The number of hydrogen-bond acceptors (Lipinski definition) is 2. The molecular formula is C12H14ClFO2. The van der Waals surface area contributed by atoms with Crippen LogP contribution >= 0.6 is 11.6 Å². The second kappa shape index (κ2) is 4.52. The number of benzene rings is 1. The second-order valence-corrected chi connectivity index (χ2v) is 5.19. The van der Waals surface area contributed by atoms with E-state index in [4.69, 9.17) is 11.6 Å². The normalized spacial score (nSPS) is 13.6. The van der Waals surface area contributed by atoms with Gasteiger partial charge in [-0.15, -0.1) is 0 Å². The van der Waals surface area contributed by atoms with Crippen molar-refractivity contribution in [3.05, 3.63) is 34.6 Å². The zero-order valence-corrected chi connectivity index (χ0v) is 10.2. The van der Waals surface area contributed by atoms with Crippen LogP contribution in [0.5, 0.6) is 0 Å². The highest BCUT2D eigenvalue weighted by atomic mass is 35.5. The Morgan fingerprint density at radius 1 is 1.44 bits per heavy atom. The number of halogens is 2. The van der Waals surface area contributed by atoms with Gasteiger partial charge in [0.25, 0.3) is 0 Å². The Kier molecular flexibility index (Phi) is 3.71. The maximum atomic E-state index is 13.4. The summed E-state index contributed by atoms with van der Waals surface area (Å²) in [5.74, 6) is -1.33. The van der Waals surface area contributed by atoms with Gasteiger partial charge in [0, 0.05) is 5.02 Å². The third kappa shape index (κ3) is 2.80. The van der Waals surface area contributed by atoms with Gasteiger partial charge in [0.1, 0.15) is 11.9 Å². The monoisotopic (exact) mass is 244 g/mol. The molecule has 0 heterocycles. The molecule has 88 valence electrons. The first-order valence-electron chi connectivity index (χ1n) is 4.91. The van der Waals surface area contributed by atoms with E-state index < -0.39 is 23.1 Å². The van der Waals surface area contributed by atoms with Gasteiger partial charge in [-0.3, -0.25) is 4.79 Å². The summed E-state index contributed by atoms with van der Waals surface area (Å²) < 4.78 is 13.4. The Labute approximate surface area is 99.0 Å². The zero-order chi connectivity index (χ0) is 12.5. The van der Waals surface area contributed by atoms with Gasteiger partial charge in [-0.25, -0.2) is 4.39 Å². The third-order valence-electron chi connectivity index (χ3n) is 2.27. The fourth-order valence-electron chi connectivity index (χ4n) is 1.23. The zero-order valence-electron chi connectivity index (χ0n) is 9.42. The van der Waals surface area contributed by atoms with Crippen molar-refractivity contribution in [2.75, 3.05) is 0 Å². The highest BCUT2D eigenvalue weighted by Crippen LogP contribution is 2.24. The molecule has 1 aromatic carbocycles. The first-order chi connectivity index (χ1) is 7.23. The number of rotatable bonds is 2. The van der Waals surface area contributed by atoms with Crippen molar-refractivity contribution in [1.29, 1.82) is 0 Å². The molecule has 0 saturated carbocycles. The van der Waals surface area contributed by atoms with Crippen LogP contribution in [0, 0.1) is 11.2 Å². The molecule has 4 heteroatoms. The van der Waals surface area contributed by atoms with Crippen molar-refractivity contribution in [3.8, 4) is 0 Å². The van der Waals surface area contributed by atoms with Gasteiger partial charge in [0.2, 0.25) is 0 Å². The number of ketones is 1. The lowest BCUT2D eigenvalue weighted by atomic mass is 9.84. The van der Waals surface area contributed by atoms with Crippen molar-refractivity contribution in [2.45, 2.75) is 26.9 Å². The summed E-state index contributed by atoms with van der Waals surface area (Å²) in [4.78, 5) is 11.8. The summed E-state index contributed by atoms with van der Waals surface area (Å²) in [6.07, 6.45) is -1.23. The molecule has 1 rings (SSSR count). The average molecular weight is 245 g/mol. The minimum absolute atomic E-state index is 0.133. The molecule has 0 bridgehead atoms. The van der Waals surface area contributed by atoms with Gasteiger partial charge in [0.15, 0.2) is 5.78 Å². The molecule has 0 aliphatic heterocycles. The summed E-state index contributed by atoms with van der Waals surface area (Å²) in [7, 11) is 0. The minimum atomic E-state index is -1.23. The Morgan fingerprint density at radius 3 is 2.44 bits per heavy atom. The highest BCUT2D eigenvalue weighted by molar-refractivity contribution is 6.30. The van der Waals surface area contributed by atoms with Gasteiger partial charge >= 0.3 is 0 Å². The lowest BCUT2D eigenvalue weighted by Crippen LogP contribution is -2.34. The van der Waals surface area contributed by atoms with Crippen LogP contribution in [0.3, 0.4) is 0 Å². The number of Topliss-reactive ketones (excluding diaryl/α,β-unsaturated/α-hetero) is 1. The first-order valence-corrected chi connectivity index (χ1v) is 5.28. The first kappa shape index (κ1) is 13.1. The average Bonchev–Trinajstić information content (AvgIpc) is 2.14. The maximum Gasteiger partial charge on any atom is 0.194 e. The quantitative estimate of drug-likeness (QED) is 0.812. The standard InChI is InChI=1S/C12H14ClFO2/c1-12(2,3)11(16)10(15)8-5-4-7(13)6-9(8)14/h4-6,11,16H,1-3H3. The summed E-state index contributed by atoms with van der Waals surface area (Å²) in [5, 5.41) is 9.97. The van der Waals surface area contributed by atoms with Crippen LogP contribution in [0.1, 0.15) is 31.1 Å². The van der Waals surface area contributed by atoms with Crippen molar-refractivity contribution in [1.82, 2.24) is 0 Å². The largest absolute Gasteiger partial charge is 0.384 e. The van der Waals surface area contributed by atoms with E-state index in [9.17, 15) is 14.3 Å². The molecule has 1 unspecified atom stereocenters. The number of carbonyl (C=O) groups is 1. The summed E-state index contributed by atoms with van der Waals surface area (Å²) in [6, 6.07) is 3.77. The molecule has 0 radical (unpaired) electrons. The minimum Gasteiger partial charge on any atom is -0.384 e. The molecule has 0 aliphatic rings. The van der Waals surface area contributed by atoms with Crippen LogP contribution in [-0.2, 0) is 0 Å². The topological polar surface area (TPSA) is 37.3 Å². The predicted octanol–water partition coefficient (Wildman–Crippen LogP) is 3.07. The number of hydrogen-bond donors (Lipinski definition) is 1. The molecule has 0 fully saturated rings. The Bertz CT molecular complexity index is 410. The summed E-state index contributed by atoms with van der Waals surface area (Å²) in [5.41, 5.74) is -0.754. The third-order valence-corrected chi connectivity index (χ3v) is 2.50. The van der Waals surface area contributed by atoms with Crippen LogP contribution in [0.2, 0.25) is 5.02 Å². The molecule has 16 heavy (non-hydrogen) atoms. The molecule has 0 amide bonds. The molecule has 1 atom stereocenters. The molecular weight excluding hydrogens is 231 g/mol. The van der Waals surface area contributed by atoms with Gasteiger partial charge < -0.3 is 5.11 Å². The number of aliphatic hydroxyl groups excluding tert-OH is 1. The lowest BCUT2D eigenvalue weighted by molar-refractivity contribution is 0.0439. The van der Waals surface area contributed by atoms with E-state index in [1.807, 2.05) is 0 Å². The van der Waals surface area contributed by atoms with Gasteiger partial charge in [-0.05, 0) is 23.6 Å². The van der Waals surface area contributed by atoms with Gasteiger partial charge in [0.05, 0.1) is 5.56 Å². The van der Waals surface area contributed by atoms with E-state index in [0.29, 0.717) is 0 Å². The van der Waals surface area contributed by atoms with E-state index in [0.717, 1.165) is 6.07 Å². The van der Waals surface area contributed by atoms with Gasteiger partial charge in [-0.1, -0.05) is 32.4 Å². The van der Waals surface area contributed by atoms with Crippen LogP contribution < -0.4 is 0 Å². The fraction of sp³-hybridized carbons (Fsp3) is 0.417. The second-order valence-electron chi connectivity index (χ2n) is 4.76. The van der Waals surface area contributed by atoms with Crippen LogP contribution in [0.15, 0.2) is 18.2 Å². The summed E-state index contributed by atoms with van der Waals surface area (Å²) >= 11 is 5.58. The Balaban J connectivity index is 3.06. The number of carbonyl (C=O) groups excluding carboxylic acids is 1. The molecule has 0 aromatic heterocycles. The maximum absolute atomic E-state index is 13.4. The highest BCUT2D eigenvalue weighted by Gasteiger charge is 2.31. The molecule has 2 nitrogen and oxygen atoms in total. The molecule has 0 saturated heterocycles. The van der Waals surface area contributed by atoms with Crippen LogP contribution in [0.25, 0.3) is 0 Å². The molecule has 1 N–H and O–H groups in total. The fourth-order valence-corrected chi connectivity index (χ4v) is 1.39. The lowest BCUT2D eigenvalue weighted by Gasteiger charge is -2.24. The molecule has 0 spiro atoms. The van der Waals surface area contributed by atoms with Crippen molar-refractivity contribution in [2.24, 2.45) is 5.41 Å². The van der Waals surface area contributed by atoms with Crippen molar-refractivity contribution >= 4 is 17.4 Å². The van der Waals surface area contributed by atoms with Crippen molar-refractivity contribution in [3.63, 3.8) is 0 Å². The predicted molar refractivity (Wildman–Crippen MR) is 61.2 cm³/mol. The molecule has 0 aliphatic carbocycles.